The number of amides is 2. The lowest BCUT2D eigenvalue weighted by Crippen LogP contribution is -2.38. The first-order chi connectivity index (χ1) is 9.67. The third-order valence-electron chi connectivity index (χ3n) is 2.37. The van der Waals surface area contributed by atoms with E-state index in [1.165, 1.54) is 11.3 Å². The van der Waals surface area contributed by atoms with Gasteiger partial charge in [-0.05, 0) is 34.1 Å². The molecule has 0 aliphatic carbocycles. The van der Waals surface area contributed by atoms with Crippen LogP contribution in [0.2, 0.25) is 0 Å². The second-order valence-corrected chi connectivity index (χ2v) is 6.52. The molecule has 1 heterocycles. The van der Waals surface area contributed by atoms with E-state index in [4.69, 9.17) is 10.5 Å². The van der Waals surface area contributed by atoms with Gasteiger partial charge in [-0.25, -0.2) is 9.78 Å². The van der Waals surface area contributed by atoms with Crippen LogP contribution in [0.5, 0.6) is 0 Å². The average molecular weight is 314 g/mol. The van der Waals surface area contributed by atoms with Crippen molar-refractivity contribution in [2.45, 2.75) is 45.8 Å². The van der Waals surface area contributed by atoms with Crippen molar-refractivity contribution < 1.29 is 14.3 Å². The van der Waals surface area contributed by atoms with Crippen molar-refractivity contribution in [3.8, 4) is 0 Å². The van der Waals surface area contributed by atoms with Gasteiger partial charge >= 0.3 is 6.09 Å². The lowest BCUT2D eigenvalue weighted by Gasteiger charge is -2.22. The summed E-state index contributed by atoms with van der Waals surface area (Å²) in [5.41, 5.74) is 4.87. The molecule has 0 bridgehead atoms. The van der Waals surface area contributed by atoms with Crippen LogP contribution < -0.4 is 16.4 Å². The maximum atomic E-state index is 11.6. The Morgan fingerprint density at radius 3 is 2.67 bits per heavy atom. The highest BCUT2D eigenvalue weighted by Gasteiger charge is 2.17. The van der Waals surface area contributed by atoms with Gasteiger partial charge in [-0.1, -0.05) is 0 Å². The predicted molar refractivity (Wildman–Crippen MR) is 82.6 cm³/mol. The Bertz CT molecular complexity index is 496. The topological polar surface area (TPSA) is 106 Å². The van der Waals surface area contributed by atoms with Crippen LogP contribution in [-0.4, -0.2) is 35.2 Å². The molecule has 0 aliphatic heterocycles. The summed E-state index contributed by atoms with van der Waals surface area (Å²) in [6.07, 6.45) is 0.269. The molecule has 7 nitrogen and oxygen atoms in total. The molecule has 8 heteroatoms. The number of anilines is 1. The number of ether oxygens (including phenoxy) is 1. The van der Waals surface area contributed by atoms with E-state index in [1.807, 2.05) is 27.7 Å². The number of nitrogens with zero attached hydrogens (tertiary/aromatic N) is 1. The Morgan fingerprint density at radius 1 is 1.48 bits per heavy atom. The highest BCUT2D eigenvalue weighted by atomic mass is 32.1. The molecule has 0 aliphatic rings. The van der Waals surface area contributed by atoms with Gasteiger partial charge in [-0.2, -0.15) is 0 Å². The van der Waals surface area contributed by atoms with E-state index < -0.39 is 17.6 Å². The number of carbonyl (C=O) groups excluding carboxylic acids is 2. The molecule has 0 radical (unpaired) electrons. The van der Waals surface area contributed by atoms with Crippen LogP contribution in [0, 0.1) is 0 Å². The summed E-state index contributed by atoms with van der Waals surface area (Å²) in [7, 11) is 0. The van der Waals surface area contributed by atoms with Gasteiger partial charge in [0.05, 0.1) is 0 Å². The van der Waals surface area contributed by atoms with E-state index in [-0.39, 0.29) is 11.7 Å². The monoisotopic (exact) mass is 314 g/mol. The number of hydrogen-bond acceptors (Lipinski definition) is 6. The Morgan fingerprint density at radius 2 is 2.14 bits per heavy atom. The smallest absolute Gasteiger partial charge is 0.407 e. The van der Waals surface area contributed by atoms with Crippen LogP contribution in [0.25, 0.3) is 0 Å². The van der Waals surface area contributed by atoms with Gasteiger partial charge in [0.15, 0.2) is 5.13 Å². The molecule has 1 aromatic heterocycles. The number of alkyl carbamates (subject to hydrolysis) is 1. The van der Waals surface area contributed by atoms with Gasteiger partial charge in [0.1, 0.15) is 11.3 Å². The van der Waals surface area contributed by atoms with Gasteiger partial charge in [0.25, 0.3) is 5.91 Å². The minimum Gasteiger partial charge on any atom is -0.444 e. The molecule has 1 atom stereocenters. The first kappa shape index (κ1) is 17.2. The summed E-state index contributed by atoms with van der Waals surface area (Å²) in [6, 6.07) is -0.0390. The van der Waals surface area contributed by atoms with E-state index in [9.17, 15) is 9.59 Å². The number of rotatable bonds is 6. The molecule has 1 unspecified atom stereocenters. The Balaban J connectivity index is 2.28. The zero-order chi connectivity index (χ0) is 16.0. The van der Waals surface area contributed by atoms with Gasteiger partial charge in [-0.15, -0.1) is 11.3 Å². The Hall–Kier alpha value is -1.83. The largest absolute Gasteiger partial charge is 0.444 e. The number of nitrogens with two attached hydrogens (primary N) is 1. The van der Waals surface area contributed by atoms with Crippen LogP contribution >= 0.6 is 11.3 Å². The fourth-order valence-corrected chi connectivity index (χ4v) is 2.17. The number of aromatic nitrogens is 1. The third kappa shape index (κ3) is 6.94. The second kappa shape index (κ2) is 7.26. The molecule has 21 heavy (non-hydrogen) atoms. The van der Waals surface area contributed by atoms with Crippen molar-refractivity contribution in [2.24, 2.45) is 5.73 Å². The molecular formula is C13H22N4O3S. The number of primary amides is 1. The van der Waals surface area contributed by atoms with Crippen LogP contribution in [-0.2, 0) is 4.74 Å². The second-order valence-electron chi connectivity index (χ2n) is 5.66. The van der Waals surface area contributed by atoms with Crippen molar-refractivity contribution in [1.29, 1.82) is 0 Å². The minimum atomic E-state index is -0.542. The standard InChI is InChI=1S/C13H22N4O3S/c1-8(16-12(19)20-13(2,3)4)5-6-15-11-17-9(7-21-11)10(14)18/h7-8H,5-6H2,1-4H3,(H2,14,18)(H,15,17)(H,16,19). The first-order valence-corrected chi connectivity index (χ1v) is 7.54. The summed E-state index contributed by atoms with van der Waals surface area (Å²) in [4.78, 5) is 26.5. The molecule has 2 amide bonds. The highest BCUT2D eigenvalue weighted by Crippen LogP contribution is 2.15. The average Bonchev–Trinajstić information content (AvgIpc) is 2.74. The van der Waals surface area contributed by atoms with E-state index >= 15 is 0 Å². The summed E-state index contributed by atoms with van der Waals surface area (Å²) in [6.45, 7) is 7.96. The lowest BCUT2D eigenvalue weighted by molar-refractivity contribution is 0.0507. The summed E-state index contributed by atoms with van der Waals surface area (Å²) < 4.78 is 5.17. The van der Waals surface area contributed by atoms with Crippen molar-refractivity contribution in [3.05, 3.63) is 11.1 Å². The molecular weight excluding hydrogens is 292 g/mol. The number of hydrogen-bond donors (Lipinski definition) is 3. The zero-order valence-corrected chi connectivity index (χ0v) is 13.5. The van der Waals surface area contributed by atoms with E-state index in [0.717, 1.165) is 0 Å². The SMILES string of the molecule is CC(CCNc1nc(C(N)=O)cs1)NC(=O)OC(C)(C)C. The predicted octanol–water partition coefficient (Wildman–Crippen LogP) is 1.96. The fraction of sp³-hybridized carbons (Fsp3) is 0.615. The van der Waals surface area contributed by atoms with E-state index in [0.29, 0.717) is 18.1 Å². The van der Waals surface area contributed by atoms with Crippen LogP contribution in [0.1, 0.15) is 44.6 Å². The van der Waals surface area contributed by atoms with Gasteiger partial charge in [-0.3, -0.25) is 4.79 Å². The highest BCUT2D eigenvalue weighted by molar-refractivity contribution is 7.13. The van der Waals surface area contributed by atoms with Crippen LogP contribution in [0.4, 0.5) is 9.93 Å². The lowest BCUT2D eigenvalue weighted by atomic mass is 10.2. The molecule has 0 fully saturated rings. The number of nitrogens with one attached hydrogen (secondary N) is 2. The quantitative estimate of drug-likeness (QED) is 0.744. The molecule has 1 rings (SSSR count). The molecule has 4 N–H and O–H groups in total. The molecule has 118 valence electrons. The van der Waals surface area contributed by atoms with Gasteiger partial charge in [0, 0.05) is 18.0 Å². The molecule has 0 saturated heterocycles. The zero-order valence-electron chi connectivity index (χ0n) is 12.7. The maximum absolute atomic E-state index is 11.6. The Labute approximate surface area is 128 Å². The number of thiazole rings is 1. The fourth-order valence-electron chi connectivity index (χ4n) is 1.44. The molecule has 0 saturated carbocycles. The minimum absolute atomic E-state index is 0.0390. The third-order valence-corrected chi connectivity index (χ3v) is 3.17. The van der Waals surface area contributed by atoms with Crippen LogP contribution in [0.15, 0.2) is 5.38 Å². The van der Waals surface area contributed by atoms with Crippen molar-refractivity contribution in [2.75, 3.05) is 11.9 Å². The van der Waals surface area contributed by atoms with Gasteiger partial charge in [0.2, 0.25) is 0 Å². The van der Waals surface area contributed by atoms with Crippen LogP contribution in [0.3, 0.4) is 0 Å². The molecule has 0 spiro atoms. The summed E-state index contributed by atoms with van der Waals surface area (Å²) >= 11 is 1.32. The summed E-state index contributed by atoms with van der Waals surface area (Å²) in [5.74, 6) is -0.542. The van der Waals surface area contributed by atoms with E-state index in [2.05, 4.69) is 15.6 Å². The first-order valence-electron chi connectivity index (χ1n) is 6.66. The molecule has 0 aromatic carbocycles. The Kier molecular flexibility index (Phi) is 5.95. The van der Waals surface area contributed by atoms with Crippen molar-refractivity contribution in [3.63, 3.8) is 0 Å². The maximum Gasteiger partial charge on any atom is 0.407 e. The van der Waals surface area contributed by atoms with Gasteiger partial charge < -0.3 is 21.1 Å². The van der Waals surface area contributed by atoms with E-state index in [1.54, 1.807) is 5.38 Å². The molecule has 1 aromatic rings. The van der Waals surface area contributed by atoms with Crippen molar-refractivity contribution in [1.82, 2.24) is 10.3 Å². The summed E-state index contributed by atoms with van der Waals surface area (Å²) in [5, 5.41) is 8.07. The number of carbonyl (C=O) groups is 2. The normalized spacial score (nSPS) is 12.6. The van der Waals surface area contributed by atoms with Crippen molar-refractivity contribution >= 4 is 28.5 Å².